The minimum absolute atomic E-state index is 0.108. The zero-order chi connectivity index (χ0) is 32.6. The number of aromatic nitrogens is 2. The van der Waals surface area contributed by atoms with Gasteiger partial charge in [0.05, 0.1) is 30.6 Å². The predicted octanol–water partition coefficient (Wildman–Crippen LogP) is 5.95. The summed E-state index contributed by atoms with van der Waals surface area (Å²) >= 11 is 0. The molecule has 3 amide bonds. The summed E-state index contributed by atoms with van der Waals surface area (Å²) in [5.74, 6) is -0.337. The number of nitrogens with zero attached hydrogens (tertiary/aromatic N) is 5. The molecule has 2 aliphatic rings. The molecule has 0 spiro atoms. The van der Waals surface area contributed by atoms with E-state index in [0.717, 1.165) is 61.5 Å². The van der Waals surface area contributed by atoms with Crippen molar-refractivity contribution in [3.8, 4) is 5.75 Å². The molecular formula is C33H36F3N7O3. The van der Waals surface area contributed by atoms with Crippen molar-refractivity contribution in [2.75, 3.05) is 61.5 Å². The van der Waals surface area contributed by atoms with Crippen LogP contribution >= 0.6 is 0 Å². The number of alkyl halides is 3. The number of halogens is 3. The van der Waals surface area contributed by atoms with Crippen LogP contribution in [-0.2, 0) is 19.3 Å². The van der Waals surface area contributed by atoms with E-state index in [-0.39, 0.29) is 23.8 Å². The summed E-state index contributed by atoms with van der Waals surface area (Å²) in [6.07, 6.45) is -1.11. The first-order valence-corrected chi connectivity index (χ1v) is 15.3. The maximum absolute atomic E-state index is 13.9. The Morgan fingerprint density at radius 1 is 1.02 bits per heavy atom. The van der Waals surface area contributed by atoms with Gasteiger partial charge in [-0.2, -0.15) is 13.2 Å². The molecule has 1 fully saturated rings. The van der Waals surface area contributed by atoms with E-state index in [2.05, 4.69) is 32.0 Å². The summed E-state index contributed by atoms with van der Waals surface area (Å²) in [7, 11) is 1.46. The third kappa shape index (κ3) is 6.24. The Bertz CT molecular complexity index is 1770. The second-order valence-corrected chi connectivity index (χ2v) is 11.5. The van der Waals surface area contributed by atoms with Gasteiger partial charge in [0.15, 0.2) is 0 Å². The number of likely N-dealkylation sites (N-methyl/N-ethyl adjacent to an activating group) is 1. The van der Waals surface area contributed by atoms with Gasteiger partial charge in [-0.1, -0.05) is 6.92 Å². The largest absolute Gasteiger partial charge is 0.497 e. The third-order valence-corrected chi connectivity index (χ3v) is 8.61. The van der Waals surface area contributed by atoms with E-state index >= 15 is 0 Å². The lowest BCUT2D eigenvalue weighted by atomic mass is 10.0. The Balaban J connectivity index is 1.28. The van der Waals surface area contributed by atoms with E-state index in [4.69, 9.17) is 4.74 Å². The average molecular weight is 636 g/mol. The van der Waals surface area contributed by atoms with Gasteiger partial charge in [-0.25, -0.2) is 9.78 Å². The first-order valence-electron chi connectivity index (χ1n) is 15.3. The molecule has 242 valence electrons. The minimum Gasteiger partial charge on any atom is -0.497 e. The number of fused-ring (bicyclic) bond motifs is 3. The highest BCUT2D eigenvalue weighted by Crippen LogP contribution is 2.38. The number of carbonyl (C=O) groups is 2. The number of urea groups is 1. The van der Waals surface area contributed by atoms with Crippen LogP contribution in [0.15, 0.2) is 54.9 Å². The molecule has 0 bridgehead atoms. The van der Waals surface area contributed by atoms with Crippen molar-refractivity contribution >= 4 is 40.0 Å². The molecule has 6 rings (SSSR count). The SMILES string of the molecule is CCN1CCN(Cc2cc(C(=O)Nc3cc(OC)cc(N4Cc5cnc6[nH]ccc6c5N(CC)C4=O)c3)cc(C(F)(F)F)c2)CC1. The molecule has 2 N–H and O–H groups in total. The van der Waals surface area contributed by atoms with Crippen LogP contribution in [0.2, 0.25) is 0 Å². The monoisotopic (exact) mass is 635 g/mol. The lowest BCUT2D eigenvalue weighted by Crippen LogP contribution is -2.47. The van der Waals surface area contributed by atoms with Crippen LogP contribution in [0.3, 0.4) is 0 Å². The van der Waals surface area contributed by atoms with Gasteiger partial charge < -0.3 is 19.9 Å². The number of hydrogen-bond acceptors (Lipinski definition) is 6. The molecule has 0 aliphatic carbocycles. The van der Waals surface area contributed by atoms with Crippen molar-refractivity contribution in [2.24, 2.45) is 0 Å². The van der Waals surface area contributed by atoms with Crippen LogP contribution in [0.5, 0.6) is 5.75 Å². The second kappa shape index (κ2) is 12.6. The van der Waals surface area contributed by atoms with Gasteiger partial charge in [-0.15, -0.1) is 0 Å². The summed E-state index contributed by atoms with van der Waals surface area (Å²) in [6, 6.07) is 9.96. The van der Waals surface area contributed by atoms with Crippen molar-refractivity contribution in [1.82, 2.24) is 19.8 Å². The smallest absolute Gasteiger partial charge is 0.416 e. The average Bonchev–Trinajstić information content (AvgIpc) is 3.53. The molecule has 0 unspecified atom stereocenters. The summed E-state index contributed by atoms with van der Waals surface area (Å²) in [6.45, 7) is 8.99. The number of rotatable bonds is 8. The number of hydrogen-bond donors (Lipinski definition) is 2. The highest BCUT2D eigenvalue weighted by Gasteiger charge is 2.34. The molecule has 4 heterocycles. The Morgan fingerprint density at radius 2 is 1.78 bits per heavy atom. The Labute approximate surface area is 264 Å². The van der Waals surface area contributed by atoms with E-state index in [9.17, 15) is 22.8 Å². The van der Waals surface area contributed by atoms with Crippen LogP contribution in [-0.4, -0.2) is 78.1 Å². The van der Waals surface area contributed by atoms with Crippen molar-refractivity contribution in [3.63, 3.8) is 0 Å². The van der Waals surface area contributed by atoms with Gasteiger partial charge in [-0.3, -0.25) is 19.5 Å². The summed E-state index contributed by atoms with van der Waals surface area (Å²) in [4.78, 5) is 42.5. The number of amides is 3. The molecule has 2 aromatic carbocycles. The fourth-order valence-corrected chi connectivity index (χ4v) is 6.18. The zero-order valence-corrected chi connectivity index (χ0v) is 25.9. The van der Waals surface area contributed by atoms with Gasteiger partial charge in [0, 0.05) is 86.0 Å². The number of piperazine rings is 1. The van der Waals surface area contributed by atoms with Gasteiger partial charge >= 0.3 is 12.2 Å². The quantitative estimate of drug-likeness (QED) is 0.249. The molecule has 4 aromatic rings. The molecule has 13 heteroatoms. The number of nitrogens with one attached hydrogen (secondary N) is 2. The van der Waals surface area contributed by atoms with Crippen LogP contribution < -0.4 is 19.9 Å². The molecule has 1 saturated heterocycles. The number of ether oxygens (including phenoxy) is 1. The molecule has 0 saturated carbocycles. The van der Waals surface area contributed by atoms with Gasteiger partial charge in [0.2, 0.25) is 0 Å². The molecule has 2 aliphatic heterocycles. The fraction of sp³-hybridized carbons (Fsp3) is 0.364. The van der Waals surface area contributed by atoms with Gasteiger partial charge in [0.25, 0.3) is 5.91 Å². The van der Waals surface area contributed by atoms with Gasteiger partial charge in [0.1, 0.15) is 11.4 Å². The number of aromatic amines is 1. The first-order chi connectivity index (χ1) is 22.1. The van der Waals surface area contributed by atoms with Crippen molar-refractivity contribution in [1.29, 1.82) is 0 Å². The van der Waals surface area contributed by atoms with Crippen LogP contribution in [0.1, 0.15) is 40.9 Å². The number of methoxy groups -OCH3 is 1. The number of anilines is 3. The Morgan fingerprint density at radius 3 is 2.48 bits per heavy atom. The highest BCUT2D eigenvalue weighted by atomic mass is 19.4. The van der Waals surface area contributed by atoms with E-state index < -0.39 is 17.6 Å². The highest BCUT2D eigenvalue weighted by molar-refractivity contribution is 6.11. The summed E-state index contributed by atoms with van der Waals surface area (Å²) in [5.41, 5.74) is 2.47. The molecule has 10 nitrogen and oxygen atoms in total. The molecule has 46 heavy (non-hydrogen) atoms. The number of benzene rings is 2. The van der Waals surface area contributed by atoms with Crippen molar-refractivity contribution < 1.29 is 27.5 Å². The Kier molecular flexibility index (Phi) is 8.62. The lowest BCUT2D eigenvalue weighted by Gasteiger charge is -2.37. The van der Waals surface area contributed by atoms with Gasteiger partial charge in [-0.05, 0) is 49.4 Å². The number of pyridine rings is 1. The van der Waals surface area contributed by atoms with Crippen LogP contribution in [0.4, 0.5) is 35.0 Å². The Hall–Kier alpha value is -4.62. The van der Waals surface area contributed by atoms with Crippen molar-refractivity contribution in [2.45, 2.75) is 33.1 Å². The summed E-state index contributed by atoms with van der Waals surface area (Å²) < 4.78 is 47.3. The molecule has 2 aromatic heterocycles. The second-order valence-electron chi connectivity index (χ2n) is 11.5. The number of H-pyrrole nitrogens is 1. The molecule has 0 radical (unpaired) electrons. The lowest BCUT2D eigenvalue weighted by molar-refractivity contribution is -0.137. The molecular weight excluding hydrogens is 599 g/mol. The fourth-order valence-electron chi connectivity index (χ4n) is 6.18. The van der Waals surface area contributed by atoms with Crippen molar-refractivity contribution in [3.05, 3.63) is 77.1 Å². The zero-order valence-electron chi connectivity index (χ0n) is 25.9. The maximum atomic E-state index is 13.9. The number of carbonyl (C=O) groups excluding carboxylic acids is 2. The normalized spacial score (nSPS) is 16.2. The minimum atomic E-state index is -4.62. The van der Waals surface area contributed by atoms with Crippen LogP contribution in [0, 0.1) is 0 Å². The predicted molar refractivity (Wildman–Crippen MR) is 170 cm³/mol. The van der Waals surface area contributed by atoms with E-state index in [1.807, 2.05) is 13.0 Å². The van der Waals surface area contributed by atoms with E-state index in [1.54, 1.807) is 40.4 Å². The van der Waals surface area contributed by atoms with E-state index in [0.29, 0.717) is 35.7 Å². The topological polar surface area (TPSA) is 97.0 Å². The maximum Gasteiger partial charge on any atom is 0.416 e. The summed E-state index contributed by atoms with van der Waals surface area (Å²) in [5, 5.41) is 3.58. The van der Waals surface area contributed by atoms with E-state index in [1.165, 1.54) is 13.2 Å². The standard InChI is InChI=1S/C33H36F3N7O3/c1-4-40-8-10-41(11-9-40)19-21-12-22(14-24(13-21)33(34,35)36)31(44)39-25-15-26(17-27(16-25)46-3)43-20-23-18-38-30-28(6-7-37-30)29(23)42(5-2)32(43)45/h6-7,12-18H,4-5,8-11,19-20H2,1-3H3,(H,37,38)(H,39,44). The molecule has 0 atom stereocenters. The third-order valence-electron chi connectivity index (χ3n) is 8.61. The van der Waals surface area contributed by atoms with Crippen LogP contribution in [0.25, 0.3) is 11.0 Å². The first kappa shape index (κ1) is 31.4.